The number of ketones is 1. The Bertz CT molecular complexity index is 417. The lowest BCUT2D eigenvalue weighted by Gasteiger charge is -2.26. The fourth-order valence-electron chi connectivity index (χ4n) is 1.89. The number of rotatable bonds is 5. The molecule has 0 heterocycles. The first-order chi connectivity index (χ1) is 8.70. The van der Waals surface area contributed by atoms with E-state index in [4.69, 9.17) is 11.6 Å². The lowest BCUT2D eigenvalue weighted by molar-refractivity contribution is -0.123. The van der Waals surface area contributed by atoms with Crippen molar-refractivity contribution in [1.29, 1.82) is 0 Å². The summed E-state index contributed by atoms with van der Waals surface area (Å²) in [6.07, 6.45) is 0. The minimum absolute atomic E-state index is 0.00192. The van der Waals surface area contributed by atoms with Crippen molar-refractivity contribution in [3.8, 4) is 0 Å². The predicted octanol–water partition coefficient (Wildman–Crippen LogP) is 4.04. The summed E-state index contributed by atoms with van der Waals surface area (Å²) in [5.41, 5.74) is 1.03. The first-order valence-corrected chi connectivity index (χ1v) is 7.12. The number of carbonyl (C=O) groups excluding carboxylic acids is 1. The van der Waals surface area contributed by atoms with Gasteiger partial charge in [-0.2, -0.15) is 0 Å². The van der Waals surface area contributed by atoms with Crippen LogP contribution in [0.25, 0.3) is 0 Å². The van der Waals surface area contributed by atoms with Crippen LogP contribution in [0.5, 0.6) is 0 Å². The van der Waals surface area contributed by atoms with Gasteiger partial charge in [0, 0.05) is 23.0 Å². The Labute approximate surface area is 121 Å². The van der Waals surface area contributed by atoms with E-state index >= 15 is 0 Å². The highest BCUT2D eigenvalue weighted by Gasteiger charge is 2.24. The van der Waals surface area contributed by atoms with Crippen molar-refractivity contribution in [3.05, 3.63) is 34.9 Å². The molecule has 3 heteroatoms. The minimum atomic E-state index is -0.114. The molecule has 0 saturated heterocycles. The van der Waals surface area contributed by atoms with E-state index in [9.17, 15) is 4.79 Å². The highest BCUT2D eigenvalue weighted by Crippen LogP contribution is 2.22. The summed E-state index contributed by atoms with van der Waals surface area (Å²) in [5.74, 6) is 0.179. The average Bonchev–Trinajstić information content (AvgIpc) is 2.29. The molecule has 1 aromatic carbocycles. The van der Waals surface area contributed by atoms with E-state index < -0.39 is 0 Å². The Morgan fingerprint density at radius 1 is 1.21 bits per heavy atom. The summed E-state index contributed by atoms with van der Waals surface area (Å²) in [5, 5.41) is 4.11. The molecular weight excluding hydrogens is 258 g/mol. The van der Waals surface area contributed by atoms with Crippen LogP contribution in [0.2, 0.25) is 5.02 Å². The predicted molar refractivity (Wildman–Crippen MR) is 81.8 cm³/mol. The van der Waals surface area contributed by atoms with E-state index in [0.29, 0.717) is 11.6 Å². The molecule has 106 valence electrons. The smallest absolute Gasteiger partial charge is 0.144 e. The number of Topliss-reactive ketones (excluding diaryl/α,β-unsaturated/α-hetero) is 1. The third-order valence-corrected chi connectivity index (χ3v) is 3.27. The Hall–Kier alpha value is -0.860. The van der Waals surface area contributed by atoms with Crippen LogP contribution in [0.15, 0.2) is 24.3 Å². The Morgan fingerprint density at radius 2 is 1.74 bits per heavy atom. The molecule has 1 N–H and O–H groups in total. The molecule has 1 rings (SSSR count). The highest BCUT2D eigenvalue weighted by molar-refractivity contribution is 6.30. The van der Waals surface area contributed by atoms with E-state index in [1.54, 1.807) is 0 Å². The molecule has 0 saturated carbocycles. The zero-order chi connectivity index (χ0) is 14.6. The van der Waals surface area contributed by atoms with Gasteiger partial charge in [-0.25, -0.2) is 0 Å². The molecule has 0 aliphatic rings. The summed E-state index contributed by atoms with van der Waals surface area (Å²) in [6.45, 7) is 10.9. The molecule has 0 unspecified atom stereocenters. The quantitative estimate of drug-likeness (QED) is 0.883. The summed E-state index contributed by atoms with van der Waals surface area (Å²) in [6, 6.07) is 7.57. The first-order valence-electron chi connectivity index (χ1n) is 6.75. The van der Waals surface area contributed by atoms with E-state index in [0.717, 1.165) is 5.56 Å². The molecule has 0 fully saturated rings. The van der Waals surface area contributed by atoms with E-state index in [2.05, 4.69) is 26.1 Å². The van der Waals surface area contributed by atoms with Crippen LogP contribution in [0.3, 0.4) is 0 Å². The Kier molecular flexibility index (Phi) is 5.57. The van der Waals surface area contributed by atoms with Crippen molar-refractivity contribution < 1.29 is 4.79 Å². The van der Waals surface area contributed by atoms with Crippen LogP contribution in [-0.4, -0.2) is 17.9 Å². The number of hydrogen-bond acceptors (Lipinski definition) is 2. The maximum atomic E-state index is 12.4. The van der Waals surface area contributed by atoms with Crippen molar-refractivity contribution >= 4 is 17.4 Å². The standard InChI is InChI=1S/C16H24ClNO/c1-11(2)15(19)14(10-18-16(3,4)5)12-6-8-13(17)9-7-12/h6-9,11,14,18H,10H2,1-5H3/t14-/m1/s1. The van der Waals surface area contributed by atoms with E-state index in [1.165, 1.54) is 0 Å². The van der Waals surface area contributed by atoms with Crippen LogP contribution < -0.4 is 5.32 Å². The van der Waals surface area contributed by atoms with Gasteiger partial charge < -0.3 is 5.32 Å². The van der Waals surface area contributed by atoms with Crippen LogP contribution in [0.1, 0.15) is 46.1 Å². The van der Waals surface area contributed by atoms with Crippen LogP contribution in [-0.2, 0) is 4.79 Å². The normalized spacial score (nSPS) is 13.6. The number of benzene rings is 1. The third-order valence-electron chi connectivity index (χ3n) is 3.02. The monoisotopic (exact) mass is 281 g/mol. The van der Waals surface area contributed by atoms with Gasteiger partial charge in [-0.15, -0.1) is 0 Å². The van der Waals surface area contributed by atoms with Gasteiger partial charge in [-0.1, -0.05) is 37.6 Å². The summed E-state index contributed by atoms with van der Waals surface area (Å²) < 4.78 is 0. The van der Waals surface area contributed by atoms with Gasteiger partial charge in [0.05, 0.1) is 5.92 Å². The van der Waals surface area contributed by atoms with Gasteiger partial charge in [-0.3, -0.25) is 4.79 Å². The maximum absolute atomic E-state index is 12.4. The second-order valence-corrected chi connectivity index (χ2v) is 6.73. The van der Waals surface area contributed by atoms with Crippen molar-refractivity contribution in [2.45, 2.75) is 46.1 Å². The SMILES string of the molecule is CC(C)C(=O)[C@H](CNC(C)(C)C)c1ccc(Cl)cc1. The minimum Gasteiger partial charge on any atom is -0.311 e. The summed E-state index contributed by atoms with van der Waals surface area (Å²) in [7, 11) is 0. The Balaban J connectivity index is 2.92. The van der Waals surface area contributed by atoms with E-state index in [-0.39, 0.29) is 23.2 Å². The van der Waals surface area contributed by atoms with Gasteiger partial charge in [-0.05, 0) is 38.5 Å². The highest BCUT2D eigenvalue weighted by atomic mass is 35.5. The number of carbonyl (C=O) groups is 1. The zero-order valence-electron chi connectivity index (χ0n) is 12.5. The molecule has 1 aromatic rings. The number of halogens is 1. The molecule has 0 aliphatic carbocycles. The molecule has 0 aliphatic heterocycles. The van der Waals surface area contributed by atoms with Crippen molar-refractivity contribution in [1.82, 2.24) is 5.32 Å². The van der Waals surface area contributed by atoms with Gasteiger partial charge in [0.1, 0.15) is 5.78 Å². The molecule has 19 heavy (non-hydrogen) atoms. The molecule has 2 nitrogen and oxygen atoms in total. The second-order valence-electron chi connectivity index (χ2n) is 6.29. The topological polar surface area (TPSA) is 29.1 Å². The largest absolute Gasteiger partial charge is 0.311 e. The van der Waals surface area contributed by atoms with Crippen molar-refractivity contribution in [2.24, 2.45) is 5.92 Å². The fourth-order valence-corrected chi connectivity index (χ4v) is 2.01. The molecule has 1 atom stereocenters. The second kappa shape index (κ2) is 6.53. The van der Waals surface area contributed by atoms with Crippen molar-refractivity contribution in [3.63, 3.8) is 0 Å². The molecule has 0 amide bonds. The van der Waals surface area contributed by atoms with Gasteiger partial charge in [0.2, 0.25) is 0 Å². The number of hydrogen-bond donors (Lipinski definition) is 1. The average molecular weight is 282 g/mol. The van der Waals surface area contributed by atoms with Gasteiger partial charge >= 0.3 is 0 Å². The fraction of sp³-hybridized carbons (Fsp3) is 0.562. The summed E-state index contributed by atoms with van der Waals surface area (Å²) in [4.78, 5) is 12.4. The summed E-state index contributed by atoms with van der Waals surface area (Å²) >= 11 is 5.91. The van der Waals surface area contributed by atoms with Crippen LogP contribution in [0.4, 0.5) is 0 Å². The zero-order valence-corrected chi connectivity index (χ0v) is 13.2. The maximum Gasteiger partial charge on any atom is 0.144 e. The van der Waals surface area contributed by atoms with Gasteiger partial charge in [0.15, 0.2) is 0 Å². The van der Waals surface area contributed by atoms with Crippen LogP contribution in [0, 0.1) is 5.92 Å². The molecule has 0 radical (unpaired) electrons. The molecule has 0 spiro atoms. The van der Waals surface area contributed by atoms with Crippen molar-refractivity contribution in [2.75, 3.05) is 6.54 Å². The Morgan fingerprint density at radius 3 is 2.16 bits per heavy atom. The van der Waals surface area contributed by atoms with Crippen LogP contribution >= 0.6 is 11.6 Å². The third kappa shape index (κ3) is 5.33. The molecule has 0 bridgehead atoms. The van der Waals surface area contributed by atoms with E-state index in [1.807, 2.05) is 38.1 Å². The van der Waals surface area contributed by atoms with Gasteiger partial charge in [0.25, 0.3) is 0 Å². The number of nitrogens with one attached hydrogen (secondary N) is 1. The first kappa shape index (κ1) is 16.2. The lowest BCUT2D eigenvalue weighted by atomic mass is 9.88. The molecule has 0 aromatic heterocycles. The lowest BCUT2D eigenvalue weighted by Crippen LogP contribution is -2.40. The molecular formula is C16H24ClNO.